The molecular formula is C14H17FN4OS. The van der Waals surface area contributed by atoms with Gasteiger partial charge in [0, 0.05) is 11.7 Å². The van der Waals surface area contributed by atoms with Crippen molar-refractivity contribution in [2.75, 3.05) is 5.32 Å². The van der Waals surface area contributed by atoms with Crippen LogP contribution in [-0.2, 0) is 4.79 Å². The molecule has 0 bridgehead atoms. The lowest BCUT2D eigenvalue weighted by Gasteiger charge is -2.14. The summed E-state index contributed by atoms with van der Waals surface area (Å²) in [5, 5.41) is 11.0. The first-order valence-electron chi connectivity index (χ1n) is 6.60. The molecular weight excluding hydrogens is 291 g/mol. The second kappa shape index (κ2) is 6.71. The first kappa shape index (κ1) is 15.5. The van der Waals surface area contributed by atoms with Crippen LogP contribution in [0.2, 0.25) is 0 Å². The van der Waals surface area contributed by atoms with Crippen molar-refractivity contribution in [3.8, 4) is 0 Å². The van der Waals surface area contributed by atoms with Crippen molar-refractivity contribution in [1.82, 2.24) is 14.8 Å². The highest BCUT2D eigenvalue weighted by atomic mass is 32.2. The Balaban J connectivity index is 1.99. The summed E-state index contributed by atoms with van der Waals surface area (Å²) in [6.45, 7) is 5.84. The molecule has 21 heavy (non-hydrogen) atoms. The van der Waals surface area contributed by atoms with E-state index in [1.54, 1.807) is 13.3 Å². The summed E-state index contributed by atoms with van der Waals surface area (Å²) in [5.74, 6) is -0.495. The fourth-order valence-electron chi connectivity index (χ4n) is 1.66. The van der Waals surface area contributed by atoms with E-state index in [4.69, 9.17) is 0 Å². The smallest absolute Gasteiger partial charge is 0.237 e. The molecule has 0 aliphatic heterocycles. The number of nitrogens with one attached hydrogen (secondary N) is 1. The average Bonchev–Trinajstić information content (AvgIpc) is 2.89. The average molecular weight is 308 g/mol. The van der Waals surface area contributed by atoms with Crippen LogP contribution in [0.4, 0.5) is 10.1 Å². The number of amides is 1. The third-order valence-corrected chi connectivity index (χ3v) is 3.93. The Morgan fingerprint density at radius 1 is 1.29 bits per heavy atom. The van der Waals surface area contributed by atoms with Crippen LogP contribution >= 0.6 is 11.8 Å². The van der Waals surface area contributed by atoms with Crippen molar-refractivity contribution in [3.05, 3.63) is 36.4 Å². The highest BCUT2D eigenvalue weighted by molar-refractivity contribution is 8.00. The van der Waals surface area contributed by atoms with Crippen LogP contribution in [0, 0.1) is 5.82 Å². The van der Waals surface area contributed by atoms with Gasteiger partial charge in [-0.3, -0.25) is 4.79 Å². The van der Waals surface area contributed by atoms with Crippen molar-refractivity contribution in [2.24, 2.45) is 0 Å². The van der Waals surface area contributed by atoms with E-state index in [1.165, 1.54) is 36.0 Å². The van der Waals surface area contributed by atoms with Gasteiger partial charge in [-0.05, 0) is 45.0 Å². The Morgan fingerprint density at radius 3 is 2.57 bits per heavy atom. The Morgan fingerprint density at radius 2 is 1.95 bits per heavy atom. The number of carbonyl (C=O) groups excluding carboxylic acids is 1. The Bertz CT molecular complexity index is 612. The lowest BCUT2D eigenvalue weighted by Crippen LogP contribution is -2.23. The highest BCUT2D eigenvalue weighted by Crippen LogP contribution is 2.24. The van der Waals surface area contributed by atoms with Crippen LogP contribution in [0.1, 0.15) is 26.8 Å². The molecule has 5 nitrogen and oxygen atoms in total. The molecule has 112 valence electrons. The number of rotatable bonds is 5. The molecule has 2 rings (SSSR count). The SMILES string of the molecule is CC(C)n1cnnc1S[C@H](C)C(=O)Nc1ccc(F)cc1. The first-order valence-corrected chi connectivity index (χ1v) is 7.48. The molecule has 0 saturated heterocycles. The van der Waals surface area contributed by atoms with E-state index in [1.807, 2.05) is 18.4 Å². The second-order valence-corrected chi connectivity index (χ2v) is 6.18. The van der Waals surface area contributed by atoms with Crippen LogP contribution in [-0.4, -0.2) is 25.9 Å². The van der Waals surface area contributed by atoms with Gasteiger partial charge in [-0.25, -0.2) is 4.39 Å². The summed E-state index contributed by atoms with van der Waals surface area (Å²) in [5.41, 5.74) is 0.569. The van der Waals surface area contributed by atoms with Gasteiger partial charge in [0.15, 0.2) is 5.16 Å². The molecule has 0 aliphatic rings. The number of carbonyl (C=O) groups is 1. The van der Waals surface area contributed by atoms with Gasteiger partial charge in [0.2, 0.25) is 5.91 Å². The van der Waals surface area contributed by atoms with Crippen LogP contribution < -0.4 is 5.32 Å². The number of halogens is 1. The maximum Gasteiger partial charge on any atom is 0.237 e. The van der Waals surface area contributed by atoms with Crippen molar-refractivity contribution in [2.45, 2.75) is 37.2 Å². The van der Waals surface area contributed by atoms with Crippen LogP contribution in [0.15, 0.2) is 35.7 Å². The molecule has 1 atom stereocenters. The van der Waals surface area contributed by atoms with Gasteiger partial charge in [0.25, 0.3) is 0 Å². The predicted octanol–water partition coefficient (Wildman–Crippen LogP) is 3.12. The minimum atomic E-state index is -0.336. The van der Waals surface area contributed by atoms with Gasteiger partial charge in [-0.1, -0.05) is 11.8 Å². The molecule has 1 aromatic carbocycles. The maximum absolute atomic E-state index is 12.8. The largest absolute Gasteiger partial charge is 0.325 e. The third kappa shape index (κ3) is 4.04. The molecule has 0 unspecified atom stereocenters. The molecule has 1 N–H and O–H groups in total. The molecule has 1 amide bonds. The number of thioether (sulfide) groups is 1. The van der Waals surface area contributed by atoms with E-state index in [2.05, 4.69) is 15.5 Å². The molecule has 0 aliphatic carbocycles. The Hall–Kier alpha value is -1.89. The van der Waals surface area contributed by atoms with Crippen molar-refractivity contribution >= 4 is 23.4 Å². The molecule has 7 heteroatoms. The van der Waals surface area contributed by atoms with Crippen molar-refractivity contribution in [3.63, 3.8) is 0 Å². The topological polar surface area (TPSA) is 59.8 Å². The molecule has 0 spiro atoms. The number of nitrogens with zero attached hydrogens (tertiary/aromatic N) is 3. The van der Waals surface area contributed by atoms with Gasteiger partial charge in [0.05, 0.1) is 5.25 Å². The van der Waals surface area contributed by atoms with E-state index in [0.717, 1.165) is 0 Å². The second-order valence-electron chi connectivity index (χ2n) is 4.87. The van der Waals surface area contributed by atoms with E-state index >= 15 is 0 Å². The van der Waals surface area contributed by atoms with Gasteiger partial charge >= 0.3 is 0 Å². The number of hydrogen-bond donors (Lipinski definition) is 1. The first-order chi connectivity index (χ1) is 9.97. The van der Waals surface area contributed by atoms with E-state index in [0.29, 0.717) is 10.8 Å². The Kier molecular flexibility index (Phi) is 4.95. The maximum atomic E-state index is 12.8. The zero-order chi connectivity index (χ0) is 15.4. The molecule has 0 fully saturated rings. The minimum Gasteiger partial charge on any atom is -0.325 e. The van der Waals surface area contributed by atoms with Crippen LogP contribution in [0.5, 0.6) is 0 Å². The van der Waals surface area contributed by atoms with E-state index < -0.39 is 0 Å². The van der Waals surface area contributed by atoms with Crippen molar-refractivity contribution in [1.29, 1.82) is 0 Å². The van der Waals surface area contributed by atoms with E-state index in [9.17, 15) is 9.18 Å². The molecule has 2 aromatic rings. The predicted molar refractivity (Wildman–Crippen MR) is 80.8 cm³/mol. The number of benzene rings is 1. The quantitative estimate of drug-likeness (QED) is 0.862. The molecule has 0 radical (unpaired) electrons. The highest BCUT2D eigenvalue weighted by Gasteiger charge is 2.18. The normalized spacial score (nSPS) is 12.4. The van der Waals surface area contributed by atoms with Crippen LogP contribution in [0.3, 0.4) is 0 Å². The summed E-state index contributed by atoms with van der Waals surface area (Å²) in [4.78, 5) is 12.1. The van der Waals surface area contributed by atoms with Gasteiger partial charge in [-0.15, -0.1) is 10.2 Å². The summed E-state index contributed by atoms with van der Waals surface area (Å²) in [7, 11) is 0. The minimum absolute atomic E-state index is 0.162. The van der Waals surface area contributed by atoms with Gasteiger partial charge < -0.3 is 9.88 Å². The summed E-state index contributed by atoms with van der Waals surface area (Å²) < 4.78 is 14.7. The number of aromatic nitrogens is 3. The standard InChI is InChI=1S/C14H17FN4OS/c1-9(2)19-8-16-18-14(19)21-10(3)13(20)17-12-6-4-11(15)5-7-12/h4-10H,1-3H3,(H,17,20)/t10-/m1/s1. The van der Waals surface area contributed by atoms with Crippen LogP contribution in [0.25, 0.3) is 0 Å². The molecule has 1 aromatic heterocycles. The zero-order valence-electron chi connectivity index (χ0n) is 12.1. The monoisotopic (exact) mass is 308 g/mol. The third-order valence-electron chi connectivity index (χ3n) is 2.86. The lowest BCUT2D eigenvalue weighted by atomic mass is 10.3. The fourth-order valence-corrected chi connectivity index (χ4v) is 2.62. The summed E-state index contributed by atoms with van der Waals surface area (Å²) in [6.07, 6.45) is 1.65. The fraction of sp³-hybridized carbons (Fsp3) is 0.357. The van der Waals surface area contributed by atoms with E-state index in [-0.39, 0.29) is 23.0 Å². The summed E-state index contributed by atoms with van der Waals surface area (Å²) >= 11 is 1.34. The Labute approximate surface area is 127 Å². The van der Waals surface area contributed by atoms with Gasteiger partial charge in [-0.2, -0.15) is 0 Å². The molecule has 0 saturated carbocycles. The lowest BCUT2D eigenvalue weighted by molar-refractivity contribution is -0.115. The number of hydrogen-bond acceptors (Lipinski definition) is 4. The zero-order valence-corrected chi connectivity index (χ0v) is 12.9. The van der Waals surface area contributed by atoms with Gasteiger partial charge in [0.1, 0.15) is 12.1 Å². The number of anilines is 1. The molecule has 1 heterocycles. The summed E-state index contributed by atoms with van der Waals surface area (Å²) in [6, 6.07) is 5.91. The van der Waals surface area contributed by atoms with Crippen molar-refractivity contribution < 1.29 is 9.18 Å².